The van der Waals surface area contributed by atoms with Crippen LogP contribution in [0.3, 0.4) is 0 Å². The lowest BCUT2D eigenvalue weighted by molar-refractivity contribution is -0.146. The second-order valence-corrected chi connectivity index (χ2v) is 13.5. The molecule has 62 heavy (non-hydrogen) atoms. The summed E-state index contributed by atoms with van der Waals surface area (Å²) in [4.78, 5) is 72.8. The van der Waals surface area contributed by atoms with Crippen molar-refractivity contribution in [3.63, 3.8) is 0 Å². The smallest absolute Gasteiger partial charge is 0.305 e. The minimum absolute atomic E-state index is 0.0486. The number of rotatable bonds is 40. The predicted octanol–water partition coefficient (Wildman–Crippen LogP) is 0.854. The molecule has 1 unspecified atom stereocenters. The molecule has 2 aliphatic rings. The standard InChI is InChI=1S/C41H63N3O18/c45-35-9-8-34(39(49)43-35)44-40(50)32-4-3-5-33(38(32)41(44)51)42-10-11-52-12-13-53-14-15-54-16-17-55-18-19-56-20-21-57-22-23-58-24-25-59-26-27-60-28-29-61-30-31-62-37(48)7-2-1-6-36(46)47/h3-5,34,42H,1-2,6-31H2,(H,46,47)(H,43,45,49). The van der Waals surface area contributed by atoms with Crippen LogP contribution in [0.1, 0.15) is 59.2 Å². The molecule has 350 valence electrons. The monoisotopic (exact) mass is 885 g/mol. The molecule has 3 N–H and O–H groups in total. The van der Waals surface area contributed by atoms with E-state index in [-0.39, 0.29) is 56.0 Å². The lowest BCUT2D eigenvalue weighted by atomic mass is 10.0. The summed E-state index contributed by atoms with van der Waals surface area (Å²) in [5.41, 5.74) is 0.882. The van der Waals surface area contributed by atoms with Crippen LogP contribution in [-0.4, -0.2) is 197 Å². The third kappa shape index (κ3) is 22.3. The quantitative estimate of drug-likeness (QED) is 0.0469. The van der Waals surface area contributed by atoms with Crippen LogP contribution in [0.15, 0.2) is 18.2 Å². The van der Waals surface area contributed by atoms with Gasteiger partial charge in [0.15, 0.2) is 0 Å². The fraction of sp³-hybridized carbons (Fsp3) is 0.707. The van der Waals surface area contributed by atoms with Crippen molar-refractivity contribution in [3.8, 4) is 0 Å². The highest BCUT2D eigenvalue weighted by atomic mass is 16.6. The molecular formula is C41H63N3O18. The lowest BCUT2D eigenvalue weighted by Gasteiger charge is -2.27. The average molecular weight is 886 g/mol. The van der Waals surface area contributed by atoms with Gasteiger partial charge in [-0.25, -0.2) is 0 Å². The van der Waals surface area contributed by atoms with E-state index in [4.69, 9.17) is 57.2 Å². The van der Waals surface area contributed by atoms with E-state index >= 15 is 0 Å². The fourth-order valence-electron chi connectivity index (χ4n) is 5.83. The van der Waals surface area contributed by atoms with Crippen LogP contribution in [-0.2, 0) is 71.3 Å². The topological polar surface area (TPSA) is 251 Å². The number of anilines is 1. The number of benzene rings is 1. The highest BCUT2D eigenvalue weighted by Crippen LogP contribution is 2.32. The molecule has 4 amide bonds. The zero-order valence-corrected chi connectivity index (χ0v) is 35.4. The summed E-state index contributed by atoms with van der Waals surface area (Å²) in [6.45, 7) is 8.70. The summed E-state index contributed by atoms with van der Waals surface area (Å²) in [5.74, 6) is -3.43. The van der Waals surface area contributed by atoms with Gasteiger partial charge >= 0.3 is 11.9 Å². The van der Waals surface area contributed by atoms with Crippen molar-refractivity contribution in [2.75, 3.05) is 151 Å². The lowest BCUT2D eigenvalue weighted by Crippen LogP contribution is -2.54. The minimum atomic E-state index is -1.02. The van der Waals surface area contributed by atoms with Crippen LogP contribution in [0.25, 0.3) is 0 Å². The molecule has 1 atom stereocenters. The first-order chi connectivity index (χ1) is 30.3. The zero-order valence-electron chi connectivity index (χ0n) is 35.4. The van der Waals surface area contributed by atoms with Gasteiger partial charge in [0.25, 0.3) is 11.8 Å². The van der Waals surface area contributed by atoms with Crippen molar-refractivity contribution < 1.29 is 86.0 Å². The Hall–Kier alpha value is -4.16. The molecule has 0 radical (unpaired) electrons. The zero-order chi connectivity index (χ0) is 44.5. The third-order valence-corrected chi connectivity index (χ3v) is 8.89. The first-order valence-electron chi connectivity index (χ1n) is 21.0. The third-order valence-electron chi connectivity index (χ3n) is 8.89. The Morgan fingerprint density at radius 1 is 0.597 bits per heavy atom. The van der Waals surface area contributed by atoms with Gasteiger partial charge < -0.3 is 62.5 Å². The molecule has 0 bridgehead atoms. The molecule has 1 saturated heterocycles. The molecule has 0 spiro atoms. The Kier molecular flexibility index (Phi) is 28.1. The van der Waals surface area contributed by atoms with Gasteiger partial charge in [0.2, 0.25) is 11.8 Å². The van der Waals surface area contributed by atoms with Crippen molar-refractivity contribution in [1.82, 2.24) is 10.2 Å². The van der Waals surface area contributed by atoms with Crippen molar-refractivity contribution in [3.05, 3.63) is 29.3 Å². The second kappa shape index (κ2) is 33.4. The molecule has 2 heterocycles. The van der Waals surface area contributed by atoms with Crippen LogP contribution in [0.4, 0.5) is 5.69 Å². The molecule has 2 aliphatic heterocycles. The van der Waals surface area contributed by atoms with Gasteiger partial charge in [-0.15, -0.1) is 0 Å². The molecule has 1 aromatic carbocycles. The first-order valence-corrected chi connectivity index (χ1v) is 21.0. The van der Waals surface area contributed by atoms with Gasteiger partial charge in [-0.1, -0.05) is 6.07 Å². The summed E-state index contributed by atoms with van der Waals surface area (Å²) in [6.07, 6.45) is 1.34. The number of fused-ring (bicyclic) bond motifs is 1. The van der Waals surface area contributed by atoms with Gasteiger partial charge in [-0.2, -0.15) is 0 Å². The summed E-state index contributed by atoms with van der Waals surface area (Å²) in [5, 5.41) is 13.9. The van der Waals surface area contributed by atoms with E-state index in [0.717, 1.165) is 4.90 Å². The molecule has 0 aromatic heterocycles. The number of esters is 1. The Bertz CT molecular complexity index is 1480. The number of carboxylic acids is 1. The van der Waals surface area contributed by atoms with E-state index in [9.17, 15) is 28.8 Å². The highest BCUT2D eigenvalue weighted by Gasteiger charge is 2.45. The van der Waals surface area contributed by atoms with Crippen LogP contribution >= 0.6 is 0 Å². The summed E-state index contributed by atoms with van der Waals surface area (Å²) in [6, 6.07) is 3.88. The van der Waals surface area contributed by atoms with Gasteiger partial charge in [-0.05, 0) is 31.4 Å². The summed E-state index contributed by atoms with van der Waals surface area (Å²) in [7, 11) is 0. The van der Waals surface area contributed by atoms with Crippen LogP contribution in [0.2, 0.25) is 0 Å². The largest absolute Gasteiger partial charge is 0.481 e. The van der Waals surface area contributed by atoms with Gasteiger partial charge in [-0.3, -0.25) is 39.0 Å². The minimum Gasteiger partial charge on any atom is -0.481 e. The normalized spacial score (nSPS) is 15.0. The molecule has 21 nitrogen and oxygen atoms in total. The number of carbonyl (C=O) groups is 6. The van der Waals surface area contributed by atoms with Crippen molar-refractivity contribution in [2.24, 2.45) is 0 Å². The van der Waals surface area contributed by atoms with E-state index < -0.39 is 35.6 Å². The van der Waals surface area contributed by atoms with Crippen molar-refractivity contribution in [2.45, 2.75) is 44.6 Å². The second-order valence-electron chi connectivity index (χ2n) is 13.5. The van der Waals surface area contributed by atoms with E-state index in [1.54, 1.807) is 18.2 Å². The molecule has 21 heteroatoms. The van der Waals surface area contributed by atoms with Crippen molar-refractivity contribution >= 4 is 41.3 Å². The SMILES string of the molecule is O=C(O)CCCCC(=O)OCCOCCOCCOCCOCCOCCOCCOCCOCCOCCOCCNc1cccc2c1C(=O)N(C1CCC(=O)NC1=O)C2=O. The van der Waals surface area contributed by atoms with E-state index in [1.165, 1.54) is 0 Å². The number of hydrogen-bond acceptors (Lipinski definition) is 18. The van der Waals surface area contributed by atoms with Gasteiger partial charge in [0.05, 0.1) is 143 Å². The number of nitrogens with one attached hydrogen (secondary N) is 2. The van der Waals surface area contributed by atoms with Crippen molar-refractivity contribution in [1.29, 1.82) is 0 Å². The number of amides is 4. The maximum absolute atomic E-state index is 13.2. The van der Waals surface area contributed by atoms with E-state index in [2.05, 4.69) is 10.6 Å². The van der Waals surface area contributed by atoms with Gasteiger partial charge in [0.1, 0.15) is 12.6 Å². The molecule has 3 rings (SSSR count). The number of imide groups is 2. The van der Waals surface area contributed by atoms with Gasteiger partial charge in [0, 0.05) is 31.5 Å². The Balaban J connectivity index is 0.974. The number of carboxylic acid groups (broad SMARTS) is 1. The Morgan fingerprint density at radius 3 is 1.48 bits per heavy atom. The average Bonchev–Trinajstić information content (AvgIpc) is 3.51. The fourth-order valence-corrected chi connectivity index (χ4v) is 5.83. The number of piperidine rings is 1. The number of hydrogen-bond donors (Lipinski definition) is 3. The molecule has 0 saturated carbocycles. The van der Waals surface area contributed by atoms with Crippen LogP contribution in [0, 0.1) is 0 Å². The van der Waals surface area contributed by atoms with Crippen LogP contribution in [0.5, 0.6) is 0 Å². The molecule has 1 fully saturated rings. The molecule has 1 aromatic rings. The maximum Gasteiger partial charge on any atom is 0.305 e. The van der Waals surface area contributed by atoms with Crippen LogP contribution < -0.4 is 10.6 Å². The summed E-state index contributed by atoms with van der Waals surface area (Å²) >= 11 is 0. The van der Waals surface area contributed by atoms with E-state index in [1.807, 2.05) is 0 Å². The number of unbranched alkanes of at least 4 members (excludes halogenated alkanes) is 1. The summed E-state index contributed by atoms with van der Waals surface area (Å²) < 4.78 is 59.7. The highest BCUT2D eigenvalue weighted by molar-refractivity contribution is 6.25. The number of aliphatic carboxylic acids is 1. The predicted molar refractivity (Wildman–Crippen MR) is 217 cm³/mol. The first kappa shape index (κ1) is 52.2. The molecule has 0 aliphatic carbocycles. The number of carbonyl (C=O) groups excluding carboxylic acids is 5. The maximum atomic E-state index is 13.2. The Morgan fingerprint density at radius 2 is 1.03 bits per heavy atom. The number of nitrogens with zero attached hydrogens (tertiary/aromatic N) is 1. The number of ether oxygens (including phenoxy) is 11. The Labute approximate surface area is 361 Å². The molecular weight excluding hydrogens is 822 g/mol. The van der Waals surface area contributed by atoms with E-state index in [0.29, 0.717) is 151 Å².